The quantitative estimate of drug-likeness (QED) is 0.859. The van der Waals surface area contributed by atoms with Gasteiger partial charge in [-0.25, -0.2) is 5.10 Å². The van der Waals surface area contributed by atoms with Crippen LogP contribution in [0, 0.1) is 6.92 Å². The number of aromatic amines is 1. The Morgan fingerprint density at radius 1 is 1.18 bits per heavy atom. The van der Waals surface area contributed by atoms with Crippen LogP contribution in [0.3, 0.4) is 0 Å². The lowest BCUT2D eigenvalue weighted by Crippen LogP contribution is -2.47. The fourth-order valence-corrected chi connectivity index (χ4v) is 2.48. The second-order valence-corrected chi connectivity index (χ2v) is 5.40. The Hall–Kier alpha value is -2.47. The first-order valence-electron chi connectivity index (χ1n) is 7.32. The third-order valence-electron chi connectivity index (χ3n) is 3.79. The number of piperazine rings is 1. The van der Waals surface area contributed by atoms with Crippen molar-refractivity contribution in [3.8, 4) is 11.3 Å². The highest BCUT2D eigenvalue weighted by Crippen LogP contribution is 2.17. The standard InChI is InChI=1S/C16H18N4O2/c1-11-2-4-12(5-3-11)14-10-13(15(21)19-18-14)16(22)20-8-6-17-7-9-20/h2-5,10,17H,6-9H2,1H3,(H,19,21). The van der Waals surface area contributed by atoms with Crippen LogP contribution in [0.25, 0.3) is 11.3 Å². The molecule has 2 aromatic rings. The summed E-state index contributed by atoms with van der Waals surface area (Å²) >= 11 is 0. The third-order valence-corrected chi connectivity index (χ3v) is 3.79. The summed E-state index contributed by atoms with van der Waals surface area (Å²) < 4.78 is 0. The minimum Gasteiger partial charge on any atom is -0.336 e. The van der Waals surface area contributed by atoms with Crippen molar-refractivity contribution in [2.75, 3.05) is 26.2 Å². The molecule has 1 aliphatic rings. The number of nitrogens with one attached hydrogen (secondary N) is 2. The smallest absolute Gasteiger partial charge is 0.277 e. The molecule has 2 N–H and O–H groups in total. The van der Waals surface area contributed by atoms with Crippen molar-refractivity contribution in [3.05, 3.63) is 51.8 Å². The van der Waals surface area contributed by atoms with Crippen LogP contribution in [0.1, 0.15) is 15.9 Å². The van der Waals surface area contributed by atoms with Gasteiger partial charge in [-0.05, 0) is 13.0 Å². The van der Waals surface area contributed by atoms with E-state index in [0.29, 0.717) is 18.8 Å². The molecule has 0 bridgehead atoms. The number of carbonyl (C=O) groups is 1. The van der Waals surface area contributed by atoms with Crippen molar-refractivity contribution in [2.24, 2.45) is 0 Å². The van der Waals surface area contributed by atoms with Crippen molar-refractivity contribution < 1.29 is 4.79 Å². The Bertz CT molecular complexity index is 731. The van der Waals surface area contributed by atoms with Crippen LogP contribution >= 0.6 is 0 Å². The van der Waals surface area contributed by atoms with Gasteiger partial charge < -0.3 is 10.2 Å². The molecule has 1 aromatic carbocycles. The average Bonchev–Trinajstić information content (AvgIpc) is 2.56. The lowest BCUT2D eigenvalue weighted by molar-refractivity contribution is 0.0734. The van der Waals surface area contributed by atoms with E-state index in [4.69, 9.17) is 0 Å². The Labute approximate surface area is 128 Å². The highest BCUT2D eigenvalue weighted by molar-refractivity contribution is 5.94. The van der Waals surface area contributed by atoms with Crippen LogP contribution in [0.5, 0.6) is 0 Å². The maximum atomic E-state index is 12.5. The van der Waals surface area contributed by atoms with Gasteiger partial charge >= 0.3 is 0 Å². The summed E-state index contributed by atoms with van der Waals surface area (Å²) in [4.78, 5) is 26.2. The molecule has 0 radical (unpaired) electrons. The monoisotopic (exact) mass is 298 g/mol. The van der Waals surface area contributed by atoms with E-state index in [1.54, 1.807) is 11.0 Å². The lowest BCUT2D eigenvalue weighted by atomic mass is 10.1. The highest BCUT2D eigenvalue weighted by Gasteiger charge is 2.21. The zero-order valence-electron chi connectivity index (χ0n) is 12.4. The molecule has 0 spiro atoms. The summed E-state index contributed by atoms with van der Waals surface area (Å²) in [5, 5.41) is 9.66. The molecule has 1 fully saturated rings. The summed E-state index contributed by atoms with van der Waals surface area (Å²) in [5.74, 6) is -0.237. The Morgan fingerprint density at radius 3 is 2.55 bits per heavy atom. The van der Waals surface area contributed by atoms with E-state index >= 15 is 0 Å². The van der Waals surface area contributed by atoms with Crippen LogP contribution in [0.4, 0.5) is 0 Å². The van der Waals surface area contributed by atoms with E-state index in [1.165, 1.54) is 0 Å². The van der Waals surface area contributed by atoms with Crippen LogP contribution < -0.4 is 10.9 Å². The zero-order chi connectivity index (χ0) is 15.5. The maximum Gasteiger partial charge on any atom is 0.277 e. The zero-order valence-corrected chi connectivity index (χ0v) is 12.4. The van der Waals surface area contributed by atoms with Gasteiger partial charge in [-0.2, -0.15) is 5.10 Å². The second-order valence-electron chi connectivity index (χ2n) is 5.40. The fourth-order valence-electron chi connectivity index (χ4n) is 2.48. The highest BCUT2D eigenvalue weighted by atomic mass is 16.2. The number of aromatic nitrogens is 2. The van der Waals surface area contributed by atoms with Crippen molar-refractivity contribution in [1.29, 1.82) is 0 Å². The molecule has 2 heterocycles. The van der Waals surface area contributed by atoms with Crippen LogP contribution in [0.15, 0.2) is 35.1 Å². The molecule has 0 unspecified atom stereocenters. The Balaban J connectivity index is 1.94. The third kappa shape index (κ3) is 2.92. The van der Waals surface area contributed by atoms with E-state index in [1.807, 2.05) is 31.2 Å². The minimum absolute atomic E-state index is 0.146. The summed E-state index contributed by atoms with van der Waals surface area (Å²) in [6.07, 6.45) is 0. The van der Waals surface area contributed by atoms with Crippen molar-refractivity contribution in [1.82, 2.24) is 20.4 Å². The molecule has 0 atom stereocenters. The molecule has 6 nitrogen and oxygen atoms in total. The number of nitrogens with zero attached hydrogens (tertiary/aromatic N) is 2. The van der Waals surface area contributed by atoms with E-state index in [-0.39, 0.29) is 11.5 Å². The molecular formula is C16H18N4O2. The molecular weight excluding hydrogens is 280 g/mol. The van der Waals surface area contributed by atoms with Gasteiger partial charge in [0.2, 0.25) is 0 Å². The van der Waals surface area contributed by atoms with Gasteiger partial charge in [-0.15, -0.1) is 0 Å². The molecule has 0 saturated carbocycles. The molecule has 114 valence electrons. The number of carbonyl (C=O) groups excluding carboxylic acids is 1. The van der Waals surface area contributed by atoms with Crippen molar-refractivity contribution >= 4 is 5.91 Å². The number of H-pyrrole nitrogens is 1. The Morgan fingerprint density at radius 2 is 1.86 bits per heavy atom. The van der Waals surface area contributed by atoms with Crippen LogP contribution in [0.2, 0.25) is 0 Å². The minimum atomic E-state index is -0.445. The number of rotatable bonds is 2. The largest absolute Gasteiger partial charge is 0.336 e. The molecule has 1 aliphatic heterocycles. The van der Waals surface area contributed by atoms with E-state index in [0.717, 1.165) is 24.2 Å². The summed E-state index contributed by atoms with van der Waals surface area (Å²) in [6.45, 7) is 4.73. The Kier molecular flexibility index (Phi) is 4.02. The van der Waals surface area contributed by atoms with E-state index < -0.39 is 5.56 Å². The molecule has 0 aliphatic carbocycles. The first kappa shape index (κ1) is 14.5. The summed E-state index contributed by atoms with van der Waals surface area (Å²) in [5.41, 5.74) is 2.31. The first-order chi connectivity index (χ1) is 10.6. The predicted molar refractivity (Wildman–Crippen MR) is 83.8 cm³/mol. The van der Waals surface area contributed by atoms with Gasteiger partial charge in [0, 0.05) is 31.7 Å². The summed E-state index contributed by atoms with van der Waals surface area (Å²) in [6, 6.07) is 9.37. The van der Waals surface area contributed by atoms with Crippen LogP contribution in [-0.4, -0.2) is 47.2 Å². The lowest BCUT2D eigenvalue weighted by Gasteiger charge is -2.27. The molecule has 6 heteroatoms. The number of benzene rings is 1. The topological polar surface area (TPSA) is 78.1 Å². The van der Waals surface area contributed by atoms with Gasteiger partial charge in [0.1, 0.15) is 5.56 Å². The number of hydrogen-bond donors (Lipinski definition) is 2. The average molecular weight is 298 g/mol. The van der Waals surface area contributed by atoms with Crippen LogP contribution in [-0.2, 0) is 0 Å². The van der Waals surface area contributed by atoms with Gasteiger partial charge in [-0.3, -0.25) is 9.59 Å². The number of aryl methyl sites for hydroxylation is 1. The van der Waals surface area contributed by atoms with Gasteiger partial charge in [0.25, 0.3) is 11.5 Å². The van der Waals surface area contributed by atoms with Gasteiger partial charge in [0.05, 0.1) is 5.69 Å². The first-order valence-corrected chi connectivity index (χ1v) is 7.32. The SMILES string of the molecule is Cc1ccc(-c2cc(C(=O)N3CCNCC3)c(=O)[nH]n2)cc1. The summed E-state index contributed by atoms with van der Waals surface area (Å²) in [7, 11) is 0. The second kappa shape index (κ2) is 6.11. The number of hydrogen-bond acceptors (Lipinski definition) is 4. The normalized spacial score (nSPS) is 14.9. The molecule has 3 rings (SSSR count). The number of amides is 1. The fraction of sp³-hybridized carbons (Fsp3) is 0.312. The van der Waals surface area contributed by atoms with Gasteiger partial charge in [0.15, 0.2) is 0 Å². The van der Waals surface area contributed by atoms with Crippen molar-refractivity contribution in [2.45, 2.75) is 6.92 Å². The molecule has 1 amide bonds. The molecule has 1 saturated heterocycles. The van der Waals surface area contributed by atoms with Gasteiger partial charge in [-0.1, -0.05) is 29.8 Å². The van der Waals surface area contributed by atoms with E-state index in [2.05, 4.69) is 15.5 Å². The maximum absolute atomic E-state index is 12.5. The molecule has 22 heavy (non-hydrogen) atoms. The van der Waals surface area contributed by atoms with Crippen molar-refractivity contribution in [3.63, 3.8) is 0 Å². The molecule has 1 aromatic heterocycles. The van der Waals surface area contributed by atoms with E-state index in [9.17, 15) is 9.59 Å². The predicted octanol–water partition coefficient (Wildman–Crippen LogP) is 0.791.